The predicted molar refractivity (Wildman–Crippen MR) is 66.4 cm³/mol. The van der Waals surface area contributed by atoms with Gasteiger partial charge in [0, 0.05) is 0 Å². The summed E-state index contributed by atoms with van der Waals surface area (Å²) < 4.78 is 5.58. The van der Waals surface area contributed by atoms with Crippen LogP contribution < -0.4 is 0 Å². The van der Waals surface area contributed by atoms with Gasteiger partial charge in [-0.05, 0) is 31.4 Å². The molecule has 3 atom stereocenters. The first-order valence-corrected chi connectivity index (χ1v) is 5.91. The molecule has 0 spiro atoms. The minimum atomic E-state index is -0.615. The quantitative estimate of drug-likeness (QED) is 0.850. The summed E-state index contributed by atoms with van der Waals surface area (Å²) in [7, 11) is 0. The Kier molecular flexibility index (Phi) is 5.14. The average molecular weight is 233 g/mol. The molecular weight excluding hydrogens is 214 g/mol. The van der Waals surface area contributed by atoms with E-state index in [0.717, 1.165) is 17.5 Å². The monoisotopic (exact) mass is 233 g/mol. The maximum absolute atomic E-state index is 9.40. The van der Waals surface area contributed by atoms with Crippen LogP contribution in [-0.4, -0.2) is 17.3 Å². The molecule has 1 rings (SSSR count). The number of nitrogens with zero attached hydrogens (tertiary/aromatic N) is 1. The minimum Gasteiger partial charge on any atom is -0.391 e. The minimum absolute atomic E-state index is 0.357. The van der Waals surface area contributed by atoms with Crippen molar-refractivity contribution in [2.75, 3.05) is 0 Å². The Morgan fingerprint density at radius 2 is 2.00 bits per heavy atom. The van der Waals surface area contributed by atoms with Crippen molar-refractivity contribution in [1.82, 2.24) is 0 Å². The number of aliphatic hydroxyl groups is 1. The molecule has 0 aliphatic carbocycles. The van der Waals surface area contributed by atoms with E-state index in [2.05, 4.69) is 6.07 Å². The van der Waals surface area contributed by atoms with Gasteiger partial charge >= 0.3 is 0 Å². The predicted octanol–water partition coefficient (Wildman–Crippen LogP) is 2.60. The first-order chi connectivity index (χ1) is 8.10. The molecule has 0 radical (unpaired) electrons. The molecular formula is C14H19NO2. The number of hydrogen-bond acceptors (Lipinski definition) is 3. The Bertz CT molecular complexity index is 395. The van der Waals surface area contributed by atoms with E-state index >= 15 is 0 Å². The molecule has 0 saturated heterocycles. The lowest BCUT2D eigenvalue weighted by Crippen LogP contribution is -2.24. The molecule has 1 aromatic rings. The molecule has 0 aliphatic heterocycles. The molecule has 1 aromatic carbocycles. The highest BCUT2D eigenvalue weighted by Crippen LogP contribution is 2.23. The highest BCUT2D eigenvalue weighted by atomic mass is 16.5. The van der Waals surface area contributed by atoms with E-state index in [1.807, 2.05) is 31.2 Å². The maximum Gasteiger partial charge on any atom is 0.169 e. The van der Waals surface area contributed by atoms with Crippen LogP contribution in [-0.2, 0) is 11.2 Å². The van der Waals surface area contributed by atoms with E-state index in [1.165, 1.54) is 0 Å². The standard InChI is InChI=1S/C14H19NO2/c1-4-12-7-5-6-8-13(12)14(9-15)17-11(3)10(2)16/h5-8,10-11,14,16H,4H2,1-3H3. The summed E-state index contributed by atoms with van der Waals surface area (Å²) in [6.45, 7) is 5.47. The zero-order valence-corrected chi connectivity index (χ0v) is 10.6. The molecule has 0 aromatic heterocycles. The third-order valence-corrected chi connectivity index (χ3v) is 2.87. The van der Waals surface area contributed by atoms with Gasteiger partial charge in [-0.2, -0.15) is 5.26 Å². The highest BCUT2D eigenvalue weighted by Gasteiger charge is 2.19. The van der Waals surface area contributed by atoms with Crippen molar-refractivity contribution >= 4 is 0 Å². The SMILES string of the molecule is CCc1ccccc1C(C#N)OC(C)C(C)O. The Labute approximate surface area is 103 Å². The van der Waals surface area contributed by atoms with Gasteiger partial charge in [0.15, 0.2) is 6.10 Å². The lowest BCUT2D eigenvalue weighted by Gasteiger charge is -2.21. The number of ether oxygens (including phenoxy) is 1. The fraction of sp³-hybridized carbons (Fsp3) is 0.500. The average Bonchev–Trinajstić information content (AvgIpc) is 2.35. The van der Waals surface area contributed by atoms with E-state index in [1.54, 1.807) is 13.8 Å². The summed E-state index contributed by atoms with van der Waals surface area (Å²) in [6, 6.07) is 9.90. The number of rotatable bonds is 5. The molecule has 17 heavy (non-hydrogen) atoms. The van der Waals surface area contributed by atoms with Crippen LogP contribution in [0.2, 0.25) is 0 Å². The van der Waals surface area contributed by atoms with Crippen LogP contribution >= 0.6 is 0 Å². The van der Waals surface area contributed by atoms with Crippen molar-refractivity contribution in [2.45, 2.75) is 45.5 Å². The van der Waals surface area contributed by atoms with Gasteiger partial charge in [-0.25, -0.2) is 0 Å². The van der Waals surface area contributed by atoms with Crippen molar-refractivity contribution < 1.29 is 9.84 Å². The maximum atomic E-state index is 9.40. The van der Waals surface area contributed by atoms with Gasteiger partial charge in [0.25, 0.3) is 0 Å². The molecule has 0 bridgehead atoms. The Balaban J connectivity index is 2.91. The van der Waals surface area contributed by atoms with Crippen molar-refractivity contribution in [3.63, 3.8) is 0 Å². The van der Waals surface area contributed by atoms with E-state index < -0.39 is 12.2 Å². The zero-order chi connectivity index (χ0) is 12.8. The van der Waals surface area contributed by atoms with Crippen molar-refractivity contribution in [3.8, 4) is 6.07 Å². The van der Waals surface area contributed by atoms with Crippen molar-refractivity contribution in [3.05, 3.63) is 35.4 Å². The second-order valence-corrected chi connectivity index (χ2v) is 4.14. The lowest BCUT2D eigenvalue weighted by atomic mass is 10.0. The Morgan fingerprint density at radius 1 is 1.35 bits per heavy atom. The van der Waals surface area contributed by atoms with Crippen LogP contribution in [0, 0.1) is 11.3 Å². The fourth-order valence-corrected chi connectivity index (χ4v) is 1.61. The van der Waals surface area contributed by atoms with Crippen LogP contribution in [0.4, 0.5) is 0 Å². The molecule has 3 unspecified atom stereocenters. The molecule has 0 aliphatic rings. The van der Waals surface area contributed by atoms with Crippen molar-refractivity contribution in [1.29, 1.82) is 5.26 Å². The van der Waals surface area contributed by atoms with Gasteiger partial charge in [0.05, 0.1) is 18.3 Å². The molecule has 0 saturated carbocycles. The summed E-state index contributed by atoms with van der Waals surface area (Å²) in [4.78, 5) is 0. The molecule has 1 N–H and O–H groups in total. The normalized spacial score (nSPS) is 15.9. The van der Waals surface area contributed by atoms with Gasteiger partial charge in [-0.3, -0.25) is 0 Å². The van der Waals surface area contributed by atoms with Crippen LogP contribution in [0.1, 0.15) is 38.0 Å². The van der Waals surface area contributed by atoms with Crippen LogP contribution in [0.3, 0.4) is 0 Å². The molecule has 92 valence electrons. The number of hydrogen-bond donors (Lipinski definition) is 1. The topological polar surface area (TPSA) is 53.2 Å². The second-order valence-electron chi connectivity index (χ2n) is 4.14. The van der Waals surface area contributed by atoms with E-state index in [0.29, 0.717) is 0 Å². The Morgan fingerprint density at radius 3 is 2.53 bits per heavy atom. The van der Waals surface area contributed by atoms with E-state index in [9.17, 15) is 10.4 Å². The van der Waals surface area contributed by atoms with Crippen LogP contribution in [0.15, 0.2) is 24.3 Å². The van der Waals surface area contributed by atoms with E-state index in [-0.39, 0.29) is 6.10 Å². The summed E-state index contributed by atoms with van der Waals surface area (Å²) in [5, 5.41) is 18.6. The van der Waals surface area contributed by atoms with Crippen LogP contribution in [0.25, 0.3) is 0 Å². The highest BCUT2D eigenvalue weighted by molar-refractivity contribution is 5.32. The van der Waals surface area contributed by atoms with Crippen LogP contribution in [0.5, 0.6) is 0 Å². The smallest absolute Gasteiger partial charge is 0.169 e. The molecule has 3 heteroatoms. The summed E-state index contributed by atoms with van der Waals surface area (Å²) in [5.41, 5.74) is 2.00. The van der Waals surface area contributed by atoms with Crippen molar-refractivity contribution in [2.24, 2.45) is 0 Å². The largest absolute Gasteiger partial charge is 0.391 e. The molecule has 0 amide bonds. The zero-order valence-electron chi connectivity index (χ0n) is 10.6. The number of aryl methyl sites for hydroxylation is 1. The second kappa shape index (κ2) is 6.39. The Hall–Kier alpha value is -1.37. The number of aliphatic hydroxyl groups excluding tert-OH is 1. The van der Waals surface area contributed by atoms with Gasteiger partial charge in [0.1, 0.15) is 0 Å². The third-order valence-electron chi connectivity index (χ3n) is 2.87. The fourth-order valence-electron chi connectivity index (χ4n) is 1.61. The molecule has 0 heterocycles. The third kappa shape index (κ3) is 3.55. The summed E-state index contributed by atoms with van der Waals surface area (Å²) >= 11 is 0. The molecule has 3 nitrogen and oxygen atoms in total. The number of benzene rings is 1. The van der Waals surface area contributed by atoms with Gasteiger partial charge in [0.2, 0.25) is 0 Å². The lowest BCUT2D eigenvalue weighted by molar-refractivity contribution is -0.0428. The van der Waals surface area contributed by atoms with Gasteiger partial charge in [-0.15, -0.1) is 0 Å². The first-order valence-electron chi connectivity index (χ1n) is 5.91. The first kappa shape index (κ1) is 13.7. The van der Waals surface area contributed by atoms with E-state index in [4.69, 9.17) is 4.74 Å². The van der Waals surface area contributed by atoms with Gasteiger partial charge in [-0.1, -0.05) is 31.2 Å². The summed E-state index contributed by atoms with van der Waals surface area (Å²) in [5.74, 6) is 0. The summed E-state index contributed by atoms with van der Waals surface area (Å²) in [6.07, 6.45) is -0.694. The number of nitriles is 1. The van der Waals surface area contributed by atoms with Gasteiger partial charge < -0.3 is 9.84 Å². The molecule has 0 fully saturated rings.